The van der Waals surface area contributed by atoms with Crippen molar-refractivity contribution in [3.63, 3.8) is 0 Å². The third kappa shape index (κ3) is 5.40. The van der Waals surface area contributed by atoms with Crippen molar-refractivity contribution in [2.75, 3.05) is 6.54 Å². The van der Waals surface area contributed by atoms with Gasteiger partial charge in [-0.15, -0.1) is 10.2 Å². The smallest absolute Gasteiger partial charge is 0.254 e. The number of hydrogen-bond donors (Lipinski definition) is 2. The summed E-state index contributed by atoms with van der Waals surface area (Å²) in [4.78, 5) is 23.1. The van der Waals surface area contributed by atoms with E-state index >= 15 is 0 Å². The highest BCUT2D eigenvalue weighted by atomic mass is 35.5. The van der Waals surface area contributed by atoms with Crippen molar-refractivity contribution in [3.05, 3.63) is 21.9 Å². The van der Waals surface area contributed by atoms with Crippen LogP contribution in [-0.4, -0.2) is 34.6 Å². The molecule has 0 unspecified atom stereocenters. The maximum absolute atomic E-state index is 11.8. The molecule has 0 saturated carbocycles. The number of nitrogens with zero attached hydrogens (tertiary/aromatic N) is 2. The number of aromatic nitrogens is 2. The summed E-state index contributed by atoms with van der Waals surface area (Å²) < 4.78 is 0. The van der Waals surface area contributed by atoms with Gasteiger partial charge in [0.05, 0.1) is 5.56 Å². The molecule has 0 radical (unpaired) electrons. The number of rotatable bonds is 5. The summed E-state index contributed by atoms with van der Waals surface area (Å²) in [5, 5.41) is 12.3. The summed E-state index contributed by atoms with van der Waals surface area (Å²) in [6, 6.07) is 1.39. The number of carbonyl (C=O) groups is 2. The second kappa shape index (κ2) is 7.25. The second-order valence-electron chi connectivity index (χ2n) is 4.10. The predicted molar refractivity (Wildman–Crippen MR) is 72.3 cm³/mol. The number of amides is 2. The molecule has 1 heterocycles. The Morgan fingerprint density at radius 3 is 2.63 bits per heavy atom. The van der Waals surface area contributed by atoms with Gasteiger partial charge in [0.2, 0.25) is 5.91 Å². The van der Waals surface area contributed by atoms with Crippen molar-refractivity contribution in [2.45, 2.75) is 26.3 Å². The Labute approximate surface area is 120 Å². The number of carbonyl (C=O) groups excluding carboxylic acids is 2. The Balaban J connectivity index is 2.48. The van der Waals surface area contributed by atoms with Gasteiger partial charge in [-0.2, -0.15) is 0 Å². The third-order valence-corrected chi connectivity index (χ3v) is 2.51. The van der Waals surface area contributed by atoms with Crippen LogP contribution in [0.1, 0.15) is 30.6 Å². The van der Waals surface area contributed by atoms with Crippen LogP contribution in [0.25, 0.3) is 0 Å². The molecular formula is C11H14Cl2N4O2. The van der Waals surface area contributed by atoms with E-state index in [0.29, 0.717) is 0 Å². The van der Waals surface area contributed by atoms with E-state index in [-0.39, 0.29) is 40.8 Å². The molecule has 0 atom stereocenters. The maximum atomic E-state index is 11.8. The van der Waals surface area contributed by atoms with E-state index < -0.39 is 5.91 Å². The van der Waals surface area contributed by atoms with Crippen molar-refractivity contribution in [2.24, 2.45) is 0 Å². The molecule has 8 heteroatoms. The standard InChI is InChI=1S/C11H14Cl2N4O2/c1-6(2)15-9(18)3-4-14-11(19)7-5-8(12)16-17-10(7)13/h5-6H,3-4H2,1-2H3,(H,14,19)(H,15,18). The second-order valence-corrected chi connectivity index (χ2v) is 4.84. The molecule has 104 valence electrons. The Hall–Kier alpha value is -1.40. The van der Waals surface area contributed by atoms with Crippen LogP contribution in [-0.2, 0) is 4.79 Å². The lowest BCUT2D eigenvalue weighted by Gasteiger charge is -2.09. The van der Waals surface area contributed by atoms with Gasteiger partial charge in [0.25, 0.3) is 5.91 Å². The first kappa shape index (κ1) is 15.7. The average molecular weight is 305 g/mol. The van der Waals surface area contributed by atoms with Crippen LogP contribution in [0.2, 0.25) is 10.3 Å². The first-order valence-electron chi connectivity index (χ1n) is 5.66. The van der Waals surface area contributed by atoms with Gasteiger partial charge in [-0.3, -0.25) is 9.59 Å². The fraction of sp³-hybridized carbons (Fsp3) is 0.455. The first-order chi connectivity index (χ1) is 8.90. The molecular weight excluding hydrogens is 291 g/mol. The zero-order valence-electron chi connectivity index (χ0n) is 10.5. The lowest BCUT2D eigenvalue weighted by molar-refractivity contribution is -0.121. The minimum Gasteiger partial charge on any atom is -0.354 e. The number of hydrogen-bond acceptors (Lipinski definition) is 4. The molecule has 0 spiro atoms. The summed E-state index contributed by atoms with van der Waals surface area (Å²) in [5.41, 5.74) is 0.130. The Morgan fingerprint density at radius 1 is 1.32 bits per heavy atom. The van der Waals surface area contributed by atoms with Crippen LogP contribution in [0.4, 0.5) is 0 Å². The molecule has 6 nitrogen and oxygen atoms in total. The maximum Gasteiger partial charge on any atom is 0.254 e. The average Bonchev–Trinajstić information content (AvgIpc) is 2.31. The van der Waals surface area contributed by atoms with Crippen LogP contribution < -0.4 is 10.6 Å². The normalized spacial score (nSPS) is 10.4. The highest BCUT2D eigenvalue weighted by Crippen LogP contribution is 2.14. The molecule has 1 aromatic rings. The van der Waals surface area contributed by atoms with Crippen molar-refractivity contribution in [3.8, 4) is 0 Å². The fourth-order valence-electron chi connectivity index (χ4n) is 1.29. The van der Waals surface area contributed by atoms with Crippen LogP contribution in [0.3, 0.4) is 0 Å². The first-order valence-corrected chi connectivity index (χ1v) is 6.42. The molecule has 0 aromatic carbocycles. The van der Waals surface area contributed by atoms with E-state index in [0.717, 1.165) is 0 Å². The highest BCUT2D eigenvalue weighted by molar-refractivity contribution is 6.34. The zero-order chi connectivity index (χ0) is 14.4. The van der Waals surface area contributed by atoms with E-state index in [1.165, 1.54) is 6.07 Å². The largest absolute Gasteiger partial charge is 0.354 e. The van der Waals surface area contributed by atoms with Crippen molar-refractivity contribution in [1.29, 1.82) is 0 Å². The SMILES string of the molecule is CC(C)NC(=O)CCNC(=O)c1cc(Cl)nnc1Cl. The molecule has 2 amide bonds. The molecule has 0 bridgehead atoms. The van der Waals surface area contributed by atoms with Gasteiger partial charge >= 0.3 is 0 Å². The van der Waals surface area contributed by atoms with E-state index in [4.69, 9.17) is 23.2 Å². The van der Waals surface area contributed by atoms with Crippen LogP contribution >= 0.6 is 23.2 Å². The van der Waals surface area contributed by atoms with Crippen LogP contribution in [0, 0.1) is 0 Å². The lowest BCUT2D eigenvalue weighted by Crippen LogP contribution is -2.34. The molecule has 0 aliphatic carbocycles. The van der Waals surface area contributed by atoms with Gasteiger partial charge in [-0.1, -0.05) is 23.2 Å². The Bertz CT molecular complexity index is 480. The van der Waals surface area contributed by atoms with Crippen LogP contribution in [0.5, 0.6) is 0 Å². The Morgan fingerprint density at radius 2 is 2.00 bits per heavy atom. The zero-order valence-corrected chi connectivity index (χ0v) is 12.0. The predicted octanol–water partition coefficient (Wildman–Crippen LogP) is 1.43. The van der Waals surface area contributed by atoms with Gasteiger partial charge in [-0.05, 0) is 19.9 Å². The number of nitrogens with one attached hydrogen (secondary N) is 2. The Kier molecular flexibility index (Phi) is 5.98. The van der Waals surface area contributed by atoms with Gasteiger partial charge < -0.3 is 10.6 Å². The fourth-order valence-corrected chi connectivity index (χ4v) is 1.62. The van der Waals surface area contributed by atoms with Crippen molar-refractivity contribution >= 4 is 35.0 Å². The highest BCUT2D eigenvalue weighted by Gasteiger charge is 2.13. The summed E-state index contributed by atoms with van der Waals surface area (Å²) in [7, 11) is 0. The topological polar surface area (TPSA) is 84.0 Å². The van der Waals surface area contributed by atoms with E-state index in [1.54, 1.807) is 0 Å². The summed E-state index contributed by atoms with van der Waals surface area (Å²) in [6.45, 7) is 3.93. The van der Waals surface area contributed by atoms with Crippen molar-refractivity contribution in [1.82, 2.24) is 20.8 Å². The summed E-state index contributed by atoms with van der Waals surface area (Å²) >= 11 is 11.4. The molecule has 1 rings (SSSR count). The summed E-state index contributed by atoms with van der Waals surface area (Å²) in [5.74, 6) is -0.577. The van der Waals surface area contributed by atoms with Crippen molar-refractivity contribution < 1.29 is 9.59 Å². The van der Waals surface area contributed by atoms with Crippen LogP contribution in [0.15, 0.2) is 6.07 Å². The van der Waals surface area contributed by atoms with Gasteiger partial charge in [0, 0.05) is 19.0 Å². The minimum atomic E-state index is -0.445. The molecule has 19 heavy (non-hydrogen) atoms. The third-order valence-electron chi connectivity index (χ3n) is 2.05. The molecule has 0 fully saturated rings. The van der Waals surface area contributed by atoms with E-state index in [1.807, 2.05) is 13.8 Å². The summed E-state index contributed by atoms with van der Waals surface area (Å²) in [6.07, 6.45) is 0.188. The quantitative estimate of drug-likeness (QED) is 0.862. The lowest BCUT2D eigenvalue weighted by atomic mass is 10.3. The number of halogens is 2. The minimum absolute atomic E-state index is 0.0338. The van der Waals surface area contributed by atoms with Gasteiger partial charge in [0.15, 0.2) is 10.3 Å². The molecule has 0 aliphatic heterocycles. The van der Waals surface area contributed by atoms with E-state index in [9.17, 15) is 9.59 Å². The van der Waals surface area contributed by atoms with E-state index in [2.05, 4.69) is 20.8 Å². The monoisotopic (exact) mass is 304 g/mol. The molecule has 1 aromatic heterocycles. The molecule has 0 saturated heterocycles. The molecule has 2 N–H and O–H groups in total. The molecule has 0 aliphatic rings. The van der Waals surface area contributed by atoms with Gasteiger partial charge in [0.1, 0.15) is 0 Å². The van der Waals surface area contributed by atoms with Gasteiger partial charge in [-0.25, -0.2) is 0 Å².